The van der Waals surface area contributed by atoms with Crippen LogP contribution in [0.4, 0.5) is 15.3 Å². The van der Waals surface area contributed by atoms with Crippen LogP contribution in [0.25, 0.3) is 0 Å². The van der Waals surface area contributed by atoms with Crippen LogP contribution in [0.3, 0.4) is 0 Å². The summed E-state index contributed by atoms with van der Waals surface area (Å²) in [5.41, 5.74) is 1.47. The van der Waals surface area contributed by atoms with E-state index in [-0.39, 0.29) is 31.5 Å². The lowest BCUT2D eigenvalue weighted by Crippen LogP contribution is -2.36. The number of ether oxygens (including phenoxy) is 1. The molecule has 0 spiro atoms. The van der Waals surface area contributed by atoms with Crippen molar-refractivity contribution in [3.8, 4) is 0 Å². The molecular formula is C17H25N3O5. The summed E-state index contributed by atoms with van der Waals surface area (Å²) in [6, 6.07) is 7.02. The summed E-state index contributed by atoms with van der Waals surface area (Å²) in [7, 11) is 2.98. The number of amides is 3. The smallest absolute Gasteiger partial charge is 0.409 e. The SMILES string of the molecule is CC(C)C(=O)Nc1ccc(COC(=O)N(C)CCN(C)C(=O)O)cc1. The van der Waals surface area contributed by atoms with Crippen molar-refractivity contribution in [3.05, 3.63) is 29.8 Å². The van der Waals surface area contributed by atoms with Crippen LogP contribution in [-0.4, -0.2) is 60.2 Å². The molecule has 0 radical (unpaired) electrons. The number of nitrogens with zero attached hydrogens (tertiary/aromatic N) is 2. The van der Waals surface area contributed by atoms with E-state index in [9.17, 15) is 14.4 Å². The molecule has 8 heteroatoms. The first-order valence-corrected chi connectivity index (χ1v) is 7.92. The van der Waals surface area contributed by atoms with Crippen LogP contribution in [0.1, 0.15) is 19.4 Å². The summed E-state index contributed by atoms with van der Waals surface area (Å²) in [6.07, 6.45) is -1.58. The van der Waals surface area contributed by atoms with E-state index in [0.717, 1.165) is 10.5 Å². The number of rotatable bonds is 7. The summed E-state index contributed by atoms with van der Waals surface area (Å²) in [6.45, 7) is 4.16. The van der Waals surface area contributed by atoms with Gasteiger partial charge in [-0.25, -0.2) is 9.59 Å². The molecule has 0 atom stereocenters. The first-order chi connectivity index (χ1) is 11.7. The Morgan fingerprint density at radius 1 is 1.08 bits per heavy atom. The van der Waals surface area contributed by atoms with E-state index in [2.05, 4.69) is 5.32 Å². The normalized spacial score (nSPS) is 10.3. The summed E-state index contributed by atoms with van der Waals surface area (Å²) in [4.78, 5) is 36.6. The molecule has 0 heterocycles. The zero-order valence-corrected chi connectivity index (χ0v) is 15.0. The second kappa shape index (κ2) is 9.51. The van der Waals surface area contributed by atoms with Crippen LogP contribution in [0.5, 0.6) is 0 Å². The minimum absolute atomic E-state index is 0.0628. The molecule has 0 aromatic heterocycles. The molecule has 138 valence electrons. The van der Waals surface area contributed by atoms with Gasteiger partial charge in [-0.05, 0) is 17.7 Å². The second-order valence-corrected chi connectivity index (χ2v) is 6.02. The maximum atomic E-state index is 11.9. The van der Waals surface area contributed by atoms with Crippen molar-refractivity contribution < 1.29 is 24.2 Å². The highest BCUT2D eigenvalue weighted by molar-refractivity contribution is 5.92. The van der Waals surface area contributed by atoms with Crippen LogP contribution < -0.4 is 5.32 Å². The van der Waals surface area contributed by atoms with E-state index < -0.39 is 12.2 Å². The van der Waals surface area contributed by atoms with Gasteiger partial charge in [-0.1, -0.05) is 26.0 Å². The summed E-state index contributed by atoms with van der Waals surface area (Å²) < 4.78 is 5.18. The molecule has 0 fully saturated rings. The van der Waals surface area contributed by atoms with Crippen molar-refractivity contribution in [3.63, 3.8) is 0 Å². The lowest BCUT2D eigenvalue weighted by molar-refractivity contribution is -0.118. The molecule has 0 bridgehead atoms. The first-order valence-electron chi connectivity index (χ1n) is 7.92. The average molecular weight is 351 g/mol. The molecule has 0 saturated heterocycles. The van der Waals surface area contributed by atoms with Crippen LogP contribution >= 0.6 is 0 Å². The lowest BCUT2D eigenvalue weighted by atomic mass is 10.2. The van der Waals surface area contributed by atoms with Gasteiger partial charge < -0.3 is 25.0 Å². The van der Waals surface area contributed by atoms with Gasteiger partial charge in [0.25, 0.3) is 0 Å². The monoisotopic (exact) mass is 351 g/mol. The number of benzene rings is 1. The number of nitrogens with one attached hydrogen (secondary N) is 1. The number of hydrogen-bond donors (Lipinski definition) is 2. The topological polar surface area (TPSA) is 99.2 Å². The Labute approximate surface area is 147 Å². The molecule has 1 rings (SSSR count). The molecule has 2 N–H and O–H groups in total. The minimum Gasteiger partial charge on any atom is -0.465 e. The fourth-order valence-electron chi connectivity index (χ4n) is 1.71. The summed E-state index contributed by atoms with van der Waals surface area (Å²) in [5.74, 6) is -0.163. The number of anilines is 1. The molecular weight excluding hydrogens is 326 g/mol. The molecule has 1 aromatic rings. The van der Waals surface area contributed by atoms with Crippen molar-refractivity contribution in [2.24, 2.45) is 5.92 Å². The van der Waals surface area contributed by atoms with Gasteiger partial charge in [-0.3, -0.25) is 4.79 Å². The quantitative estimate of drug-likeness (QED) is 0.786. The third kappa shape index (κ3) is 7.11. The number of carbonyl (C=O) groups is 3. The van der Waals surface area contributed by atoms with E-state index in [1.54, 1.807) is 31.3 Å². The first kappa shape index (κ1) is 20.3. The Bertz CT molecular complexity index is 601. The van der Waals surface area contributed by atoms with Crippen molar-refractivity contribution in [1.29, 1.82) is 0 Å². The third-order valence-corrected chi connectivity index (χ3v) is 3.52. The molecule has 0 aliphatic rings. The standard InChI is InChI=1S/C17H25N3O5/c1-12(2)15(21)18-14-7-5-13(6-8-14)11-25-17(24)20(4)10-9-19(3)16(22)23/h5-8,12H,9-11H2,1-4H3,(H,18,21)(H,22,23). The van der Waals surface area contributed by atoms with Gasteiger partial charge in [-0.2, -0.15) is 0 Å². The Balaban J connectivity index is 2.42. The van der Waals surface area contributed by atoms with Gasteiger partial charge in [0.1, 0.15) is 6.61 Å². The lowest BCUT2D eigenvalue weighted by Gasteiger charge is -2.20. The highest BCUT2D eigenvalue weighted by atomic mass is 16.6. The molecule has 8 nitrogen and oxygen atoms in total. The van der Waals surface area contributed by atoms with Gasteiger partial charge in [-0.15, -0.1) is 0 Å². The average Bonchev–Trinajstić information content (AvgIpc) is 2.57. The van der Waals surface area contributed by atoms with E-state index >= 15 is 0 Å². The van der Waals surface area contributed by atoms with Crippen molar-refractivity contribution in [2.75, 3.05) is 32.5 Å². The van der Waals surface area contributed by atoms with Gasteiger partial charge in [0.05, 0.1) is 0 Å². The largest absolute Gasteiger partial charge is 0.465 e. The zero-order chi connectivity index (χ0) is 19.0. The highest BCUT2D eigenvalue weighted by Gasteiger charge is 2.13. The van der Waals surface area contributed by atoms with E-state index in [1.807, 2.05) is 13.8 Å². The summed E-state index contributed by atoms with van der Waals surface area (Å²) >= 11 is 0. The van der Waals surface area contributed by atoms with Gasteiger partial charge in [0.15, 0.2) is 0 Å². The van der Waals surface area contributed by atoms with Gasteiger partial charge >= 0.3 is 12.2 Å². The van der Waals surface area contributed by atoms with Crippen LogP contribution in [0.15, 0.2) is 24.3 Å². The second-order valence-electron chi connectivity index (χ2n) is 6.02. The molecule has 0 aliphatic heterocycles. The number of carboxylic acid groups (broad SMARTS) is 1. The number of likely N-dealkylation sites (N-methyl/N-ethyl adjacent to an activating group) is 2. The van der Waals surface area contributed by atoms with Crippen LogP contribution in [0.2, 0.25) is 0 Å². The van der Waals surface area contributed by atoms with Crippen LogP contribution in [-0.2, 0) is 16.1 Å². The minimum atomic E-state index is -1.05. The maximum absolute atomic E-state index is 11.9. The van der Waals surface area contributed by atoms with Crippen molar-refractivity contribution in [2.45, 2.75) is 20.5 Å². The van der Waals surface area contributed by atoms with Gasteiger partial charge in [0.2, 0.25) is 5.91 Å². The maximum Gasteiger partial charge on any atom is 0.409 e. The molecule has 0 aliphatic carbocycles. The van der Waals surface area contributed by atoms with E-state index in [4.69, 9.17) is 9.84 Å². The Morgan fingerprint density at radius 2 is 1.64 bits per heavy atom. The molecule has 0 saturated carbocycles. The molecule has 1 aromatic carbocycles. The number of hydrogen-bond acceptors (Lipinski definition) is 4. The fraction of sp³-hybridized carbons (Fsp3) is 0.471. The molecule has 0 unspecified atom stereocenters. The van der Waals surface area contributed by atoms with E-state index in [1.165, 1.54) is 11.9 Å². The molecule has 25 heavy (non-hydrogen) atoms. The highest BCUT2D eigenvalue weighted by Crippen LogP contribution is 2.12. The molecule has 3 amide bonds. The zero-order valence-electron chi connectivity index (χ0n) is 15.0. The van der Waals surface area contributed by atoms with Crippen molar-refractivity contribution in [1.82, 2.24) is 9.80 Å². The Kier molecular flexibility index (Phi) is 7.71. The third-order valence-electron chi connectivity index (χ3n) is 3.52. The predicted octanol–water partition coefficient (Wildman–Crippen LogP) is 2.46. The number of carbonyl (C=O) groups excluding carboxylic acids is 2. The van der Waals surface area contributed by atoms with E-state index in [0.29, 0.717) is 5.69 Å². The van der Waals surface area contributed by atoms with Crippen LogP contribution in [0, 0.1) is 5.92 Å². The predicted molar refractivity (Wildman–Crippen MR) is 93.4 cm³/mol. The Hall–Kier alpha value is -2.77. The summed E-state index contributed by atoms with van der Waals surface area (Å²) in [5, 5.41) is 11.5. The van der Waals surface area contributed by atoms with Gasteiger partial charge in [0, 0.05) is 38.8 Å². The Morgan fingerprint density at radius 3 is 2.16 bits per heavy atom. The fourth-order valence-corrected chi connectivity index (χ4v) is 1.71. The van der Waals surface area contributed by atoms with Crippen molar-refractivity contribution >= 4 is 23.8 Å².